The van der Waals surface area contributed by atoms with Gasteiger partial charge in [-0.15, -0.1) is 0 Å². The second-order valence-electron chi connectivity index (χ2n) is 4.02. The van der Waals surface area contributed by atoms with Gasteiger partial charge in [-0.2, -0.15) is 0 Å². The highest BCUT2D eigenvalue weighted by atomic mass is 19.1. The first kappa shape index (κ1) is 11.5. The van der Waals surface area contributed by atoms with Gasteiger partial charge >= 0.3 is 0 Å². The minimum atomic E-state index is -0.309. The highest BCUT2D eigenvalue weighted by Gasteiger charge is 2.13. The number of benzene rings is 2. The summed E-state index contributed by atoms with van der Waals surface area (Å²) in [7, 11) is 1.82. The third-order valence-electron chi connectivity index (χ3n) is 2.83. The van der Waals surface area contributed by atoms with E-state index in [1.54, 1.807) is 17.0 Å². The molecule has 0 aromatic heterocycles. The monoisotopic (exact) mass is 230 g/mol. The van der Waals surface area contributed by atoms with Crippen LogP contribution in [0.5, 0.6) is 0 Å². The van der Waals surface area contributed by atoms with E-state index in [-0.39, 0.29) is 5.82 Å². The largest absolute Gasteiger partial charge is 0.397 e. The second-order valence-corrected chi connectivity index (χ2v) is 4.02. The van der Waals surface area contributed by atoms with E-state index in [1.807, 2.05) is 38.2 Å². The maximum atomic E-state index is 13.8. The third kappa shape index (κ3) is 2.09. The van der Waals surface area contributed by atoms with E-state index in [9.17, 15) is 4.39 Å². The average Bonchev–Trinajstić information content (AvgIpc) is 2.29. The molecule has 0 saturated heterocycles. The van der Waals surface area contributed by atoms with Gasteiger partial charge in [0.1, 0.15) is 11.5 Å². The molecule has 17 heavy (non-hydrogen) atoms. The Balaban J connectivity index is 2.51. The summed E-state index contributed by atoms with van der Waals surface area (Å²) < 4.78 is 13.8. The summed E-state index contributed by atoms with van der Waals surface area (Å²) in [5.74, 6) is -0.309. The molecule has 0 spiro atoms. The van der Waals surface area contributed by atoms with Crippen LogP contribution < -0.4 is 10.6 Å². The maximum Gasteiger partial charge on any atom is 0.148 e. The molecule has 0 radical (unpaired) electrons. The molecule has 88 valence electrons. The lowest BCUT2D eigenvalue weighted by Crippen LogP contribution is -2.14. The molecule has 0 unspecified atom stereocenters. The van der Waals surface area contributed by atoms with Gasteiger partial charge in [-0.3, -0.25) is 0 Å². The highest BCUT2D eigenvalue weighted by molar-refractivity contribution is 5.76. The number of nitrogens with zero attached hydrogens (tertiary/aromatic N) is 1. The van der Waals surface area contributed by atoms with Crippen LogP contribution in [0, 0.1) is 12.7 Å². The molecule has 2 nitrogen and oxygen atoms in total. The summed E-state index contributed by atoms with van der Waals surface area (Å²) in [5.41, 5.74) is 8.72. The molecule has 0 aliphatic heterocycles. The Morgan fingerprint density at radius 3 is 2.41 bits per heavy atom. The summed E-state index contributed by atoms with van der Waals surface area (Å²) >= 11 is 0. The van der Waals surface area contributed by atoms with Gasteiger partial charge in [-0.05, 0) is 30.7 Å². The molecule has 2 aromatic rings. The normalized spacial score (nSPS) is 10.3. The van der Waals surface area contributed by atoms with E-state index in [1.165, 1.54) is 6.07 Å². The molecule has 0 aliphatic rings. The van der Waals surface area contributed by atoms with Crippen LogP contribution in [0.15, 0.2) is 42.5 Å². The summed E-state index contributed by atoms with van der Waals surface area (Å²) in [6, 6.07) is 12.5. The maximum absolute atomic E-state index is 13.8. The zero-order valence-electron chi connectivity index (χ0n) is 9.94. The molecule has 3 heteroatoms. The molecular weight excluding hydrogens is 215 g/mol. The molecule has 0 amide bonds. The predicted octanol–water partition coefficient (Wildman–Crippen LogP) is 3.48. The van der Waals surface area contributed by atoms with Gasteiger partial charge in [0, 0.05) is 12.7 Å². The quantitative estimate of drug-likeness (QED) is 0.800. The molecule has 0 saturated carbocycles. The molecule has 0 aliphatic carbocycles. The van der Waals surface area contributed by atoms with Gasteiger partial charge < -0.3 is 10.6 Å². The number of rotatable bonds is 2. The van der Waals surface area contributed by atoms with E-state index in [0.717, 1.165) is 11.3 Å². The van der Waals surface area contributed by atoms with Crippen molar-refractivity contribution in [1.82, 2.24) is 0 Å². The number of nitrogens with two attached hydrogens (primary N) is 1. The summed E-state index contributed by atoms with van der Waals surface area (Å²) in [6.45, 7) is 1.99. The number of hydrogen-bond acceptors (Lipinski definition) is 2. The smallest absolute Gasteiger partial charge is 0.148 e. The summed E-state index contributed by atoms with van der Waals surface area (Å²) in [4.78, 5) is 1.78. The Labute approximate surface area is 100 Å². The first-order chi connectivity index (χ1) is 8.11. The van der Waals surface area contributed by atoms with Crippen molar-refractivity contribution < 1.29 is 4.39 Å². The van der Waals surface area contributed by atoms with E-state index in [2.05, 4.69) is 0 Å². The van der Waals surface area contributed by atoms with Crippen molar-refractivity contribution in [2.24, 2.45) is 0 Å². The molecule has 2 N–H and O–H groups in total. The first-order valence-corrected chi connectivity index (χ1v) is 5.44. The Bertz CT molecular complexity index is 517. The number of para-hydroxylation sites is 2. The Hall–Kier alpha value is -2.03. The second kappa shape index (κ2) is 4.45. The molecular formula is C14H15FN2. The molecule has 0 atom stereocenters. The van der Waals surface area contributed by atoms with Crippen LogP contribution in [0.3, 0.4) is 0 Å². The van der Waals surface area contributed by atoms with Gasteiger partial charge in [0.05, 0.1) is 5.69 Å². The van der Waals surface area contributed by atoms with E-state index < -0.39 is 0 Å². The first-order valence-electron chi connectivity index (χ1n) is 5.44. The fraction of sp³-hybridized carbons (Fsp3) is 0.143. The standard InChI is InChI=1S/C14H15FN2/c1-10-6-3-4-9-13(10)17(2)14-11(15)7-5-8-12(14)16/h3-9H,16H2,1-2H3. The number of anilines is 3. The van der Waals surface area contributed by atoms with E-state index >= 15 is 0 Å². The van der Waals surface area contributed by atoms with Crippen LogP contribution >= 0.6 is 0 Å². The number of nitrogen functional groups attached to an aromatic ring is 1. The minimum Gasteiger partial charge on any atom is -0.397 e. The lowest BCUT2D eigenvalue weighted by Gasteiger charge is -2.23. The van der Waals surface area contributed by atoms with Crippen LogP contribution in [0.1, 0.15) is 5.56 Å². The lowest BCUT2D eigenvalue weighted by molar-refractivity contribution is 0.628. The third-order valence-corrected chi connectivity index (χ3v) is 2.83. The zero-order valence-corrected chi connectivity index (χ0v) is 9.94. The van der Waals surface area contributed by atoms with Crippen LogP contribution in [0.4, 0.5) is 21.5 Å². The van der Waals surface area contributed by atoms with Gasteiger partial charge in [0.2, 0.25) is 0 Å². The van der Waals surface area contributed by atoms with Crippen molar-refractivity contribution in [2.45, 2.75) is 6.92 Å². The van der Waals surface area contributed by atoms with Crippen LogP contribution in [-0.4, -0.2) is 7.05 Å². The summed E-state index contributed by atoms with van der Waals surface area (Å²) in [5, 5.41) is 0. The Morgan fingerprint density at radius 2 is 1.76 bits per heavy atom. The van der Waals surface area contributed by atoms with Gasteiger partial charge in [-0.25, -0.2) is 4.39 Å². The van der Waals surface area contributed by atoms with Crippen LogP contribution in [0.25, 0.3) is 0 Å². The number of hydrogen-bond donors (Lipinski definition) is 1. The fourth-order valence-corrected chi connectivity index (χ4v) is 1.95. The predicted molar refractivity (Wildman–Crippen MR) is 70.1 cm³/mol. The van der Waals surface area contributed by atoms with Crippen molar-refractivity contribution in [1.29, 1.82) is 0 Å². The SMILES string of the molecule is Cc1ccccc1N(C)c1c(N)cccc1F. The molecule has 0 bridgehead atoms. The van der Waals surface area contributed by atoms with Crippen molar-refractivity contribution in [3.63, 3.8) is 0 Å². The molecule has 2 rings (SSSR count). The van der Waals surface area contributed by atoms with Crippen molar-refractivity contribution in [3.05, 3.63) is 53.8 Å². The number of aryl methyl sites for hydroxylation is 1. The zero-order chi connectivity index (χ0) is 12.4. The number of halogens is 1. The molecule has 2 aromatic carbocycles. The fourth-order valence-electron chi connectivity index (χ4n) is 1.95. The lowest BCUT2D eigenvalue weighted by atomic mass is 10.1. The summed E-state index contributed by atoms with van der Waals surface area (Å²) in [6.07, 6.45) is 0. The van der Waals surface area contributed by atoms with Gasteiger partial charge in [0.25, 0.3) is 0 Å². The van der Waals surface area contributed by atoms with Crippen LogP contribution in [0.2, 0.25) is 0 Å². The Kier molecular flexibility index (Phi) is 3.00. The van der Waals surface area contributed by atoms with Gasteiger partial charge in [-0.1, -0.05) is 24.3 Å². The topological polar surface area (TPSA) is 29.3 Å². The van der Waals surface area contributed by atoms with E-state index in [4.69, 9.17) is 5.73 Å². The van der Waals surface area contributed by atoms with Crippen molar-refractivity contribution in [2.75, 3.05) is 17.7 Å². The van der Waals surface area contributed by atoms with Crippen LogP contribution in [-0.2, 0) is 0 Å². The average molecular weight is 230 g/mol. The van der Waals surface area contributed by atoms with Crippen molar-refractivity contribution >= 4 is 17.1 Å². The highest BCUT2D eigenvalue weighted by Crippen LogP contribution is 2.32. The Morgan fingerprint density at radius 1 is 1.06 bits per heavy atom. The van der Waals surface area contributed by atoms with Gasteiger partial charge in [0.15, 0.2) is 0 Å². The van der Waals surface area contributed by atoms with Crippen molar-refractivity contribution in [3.8, 4) is 0 Å². The minimum absolute atomic E-state index is 0.309. The molecule has 0 heterocycles. The van der Waals surface area contributed by atoms with E-state index in [0.29, 0.717) is 11.4 Å². The molecule has 0 fully saturated rings.